The quantitative estimate of drug-likeness (QED) is 0.903. The number of piperazine rings is 1. The van der Waals surface area contributed by atoms with Crippen LogP contribution in [-0.4, -0.2) is 59.3 Å². The maximum Gasteiger partial charge on any atom is 0.264 e. The molecule has 0 unspecified atom stereocenters. The summed E-state index contributed by atoms with van der Waals surface area (Å²) in [7, 11) is 0. The third-order valence-electron chi connectivity index (χ3n) is 3.75. The molecule has 0 radical (unpaired) electrons. The molecule has 1 N–H and O–H groups in total. The molecule has 0 spiro atoms. The van der Waals surface area contributed by atoms with Crippen LogP contribution in [0, 0.1) is 0 Å². The highest BCUT2D eigenvalue weighted by Gasteiger charge is 2.23. The molecule has 126 valence electrons. The smallest absolute Gasteiger partial charge is 0.264 e. The Bertz CT molecular complexity index is 697. The number of rotatable bonds is 4. The van der Waals surface area contributed by atoms with Crippen molar-refractivity contribution in [2.45, 2.75) is 0 Å². The van der Waals surface area contributed by atoms with Crippen molar-refractivity contribution in [1.82, 2.24) is 14.8 Å². The van der Waals surface area contributed by atoms with E-state index < -0.39 is 0 Å². The van der Waals surface area contributed by atoms with Crippen molar-refractivity contribution < 1.29 is 9.59 Å². The summed E-state index contributed by atoms with van der Waals surface area (Å²) in [5.41, 5.74) is 0. The number of halogens is 1. The zero-order valence-electron chi connectivity index (χ0n) is 12.9. The SMILES string of the molecule is O=C(CN1CCN(C(=O)c2cccs2)CC1)Nc1ccc(Cl)cn1. The number of carbonyl (C=O) groups is 2. The molecule has 3 rings (SSSR count). The summed E-state index contributed by atoms with van der Waals surface area (Å²) in [4.78, 5) is 33.0. The van der Waals surface area contributed by atoms with E-state index >= 15 is 0 Å². The third-order valence-corrected chi connectivity index (χ3v) is 4.83. The predicted molar refractivity (Wildman–Crippen MR) is 94.5 cm³/mol. The Hall–Kier alpha value is -1.96. The number of hydrogen-bond donors (Lipinski definition) is 1. The lowest BCUT2D eigenvalue weighted by Gasteiger charge is -2.34. The van der Waals surface area contributed by atoms with E-state index in [-0.39, 0.29) is 18.4 Å². The highest BCUT2D eigenvalue weighted by Crippen LogP contribution is 2.14. The molecule has 2 amide bonds. The van der Waals surface area contributed by atoms with Gasteiger partial charge in [-0.2, -0.15) is 0 Å². The lowest BCUT2D eigenvalue weighted by Crippen LogP contribution is -2.50. The summed E-state index contributed by atoms with van der Waals surface area (Å²) in [5, 5.41) is 5.17. The van der Waals surface area contributed by atoms with Gasteiger partial charge >= 0.3 is 0 Å². The van der Waals surface area contributed by atoms with Gasteiger partial charge in [-0.05, 0) is 23.6 Å². The Labute approximate surface area is 149 Å². The average Bonchev–Trinajstić information content (AvgIpc) is 3.11. The van der Waals surface area contributed by atoms with Crippen LogP contribution in [0.25, 0.3) is 0 Å². The highest BCUT2D eigenvalue weighted by atomic mass is 35.5. The van der Waals surface area contributed by atoms with Crippen molar-refractivity contribution in [3.05, 3.63) is 45.7 Å². The lowest BCUT2D eigenvalue weighted by atomic mass is 10.3. The van der Waals surface area contributed by atoms with Crippen molar-refractivity contribution in [2.24, 2.45) is 0 Å². The third kappa shape index (κ3) is 4.31. The number of nitrogens with one attached hydrogen (secondary N) is 1. The minimum absolute atomic E-state index is 0.0689. The molecule has 0 atom stereocenters. The first-order chi connectivity index (χ1) is 11.6. The van der Waals surface area contributed by atoms with Gasteiger partial charge in [-0.25, -0.2) is 4.98 Å². The topological polar surface area (TPSA) is 65.5 Å². The first kappa shape index (κ1) is 16.9. The Morgan fingerprint density at radius 2 is 2.00 bits per heavy atom. The molecule has 0 aliphatic carbocycles. The molecule has 1 saturated heterocycles. The maximum absolute atomic E-state index is 12.3. The van der Waals surface area contributed by atoms with Crippen molar-refractivity contribution in [3.63, 3.8) is 0 Å². The average molecular weight is 365 g/mol. The zero-order valence-corrected chi connectivity index (χ0v) is 14.5. The molecule has 24 heavy (non-hydrogen) atoms. The van der Waals surface area contributed by atoms with E-state index in [4.69, 9.17) is 11.6 Å². The highest BCUT2D eigenvalue weighted by molar-refractivity contribution is 7.12. The molecule has 1 aliphatic rings. The monoisotopic (exact) mass is 364 g/mol. The number of nitrogens with zero attached hydrogens (tertiary/aromatic N) is 3. The van der Waals surface area contributed by atoms with E-state index in [0.717, 1.165) is 4.88 Å². The first-order valence-corrected chi connectivity index (χ1v) is 8.84. The molecule has 2 aromatic rings. The molecule has 0 aromatic carbocycles. The van der Waals surface area contributed by atoms with Gasteiger partial charge in [-0.3, -0.25) is 14.5 Å². The van der Waals surface area contributed by atoms with Crippen LogP contribution < -0.4 is 5.32 Å². The number of amides is 2. The van der Waals surface area contributed by atoms with Crippen LogP contribution in [0.15, 0.2) is 35.8 Å². The molecular formula is C16H17ClN4O2S. The maximum atomic E-state index is 12.3. The van der Waals surface area contributed by atoms with Crippen LogP contribution in [0.5, 0.6) is 0 Å². The second kappa shape index (κ2) is 7.74. The van der Waals surface area contributed by atoms with Crippen LogP contribution in [0.1, 0.15) is 9.67 Å². The van der Waals surface area contributed by atoms with Crippen molar-refractivity contribution in [3.8, 4) is 0 Å². The second-order valence-corrected chi connectivity index (χ2v) is 6.84. The summed E-state index contributed by atoms with van der Waals surface area (Å²) in [6.45, 7) is 2.90. The number of hydrogen-bond acceptors (Lipinski definition) is 5. The van der Waals surface area contributed by atoms with Gasteiger partial charge in [0.05, 0.1) is 16.4 Å². The lowest BCUT2D eigenvalue weighted by molar-refractivity contribution is -0.117. The van der Waals surface area contributed by atoms with Crippen LogP contribution in [-0.2, 0) is 4.79 Å². The van der Waals surface area contributed by atoms with Crippen LogP contribution in [0.4, 0.5) is 5.82 Å². The fourth-order valence-electron chi connectivity index (χ4n) is 2.50. The van der Waals surface area contributed by atoms with E-state index in [1.807, 2.05) is 27.3 Å². The largest absolute Gasteiger partial charge is 0.335 e. The minimum Gasteiger partial charge on any atom is -0.335 e. The Balaban J connectivity index is 1.46. The van der Waals surface area contributed by atoms with E-state index in [1.165, 1.54) is 17.5 Å². The van der Waals surface area contributed by atoms with E-state index in [2.05, 4.69) is 10.3 Å². The van der Waals surface area contributed by atoms with E-state index in [1.54, 1.807) is 12.1 Å². The summed E-state index contributed by atoms with van der Waals surface area (Å²) in [6, 6.07) is 7.06. The fraction of sp³-hybridized carbons (Fsp3) is 0.312. The summed E-state index contributed by atoms with van der Waals surface area (Å²) >= 11 is 7.22. The molecule has 0 bridgehead atoms. The molecule has 0 saturated carbocycles. The first-order valence-electron chi connectivity index (χ1n) is 7.58. The van der Waals surface area contributed by atoms with Crippen LogP contribution in [0.3, 0.4) is 0 Å². The zero-order chi connectivity index (χ0) is 16.9. The van der Waals surface area contributed by atoms with Gasteiger partial charge in [-0.1, -0.05) is 17.7 Å². The van der Waals surface area contributed by atoms with Gasteiger partial charge in [0.15, 0.2) is 0 Å². The number of thiophene rings is 1. The van der Waals surface area contributed by atoms with Gasteiger partial charge in [0.1, 0.15) is 5.82 Å². The van der Waals surface area contributed by atoms with Gasteiger partial charge in [0, 0.05) is 32.4 Å². The Kier molecular flexibility index (Phi) is 5.44. The standard InChI is InChI=1S/C16H17ClN4O2S/c17-12-3-4-14(18-10-12)19-15(22)11-20-5-7-21(8-6-20)16(23)13-2-1-9-24-13/h1-4,9-10H,5-8,11H2,(H,18,19,22). The number of carbonyl (C=O) groups excluding carboxylic acids is 2. The number of aromatic nitrogens is 1. The van der Waals surface area contributed by atoms with Gasteiger partial charge in [0.25, 0.3) is 5.91 Å². The second-order valence-electron chi connectivity index (χ2n) is 5.46. The fourth-order valence-corrected chi connectivity index (χ4v) is 3.30. The van der Waals surface area contributed by atoms with Crippen molar-refractivity contribution in [2.75, 3.05) is 38.0 Å². The Morgan fingerprint density at radius 1 is 1.21 bits per heavy atom. The van der Waals surface area contributed by atoms with Crippen molar-refractivity contribution >= 4 is 40.6 Å². The number of anilines is 1. The Morgan fingerprint density at radius 3 is 2.62 bits per heavy atom. The summed E-state index contributed by atoms with van der Waals surface area (Å²) < 4.78 is 0. The van der Waals surface area contributed by atoms with E-state index in [0.29, 0.717) is 37.0 Å². The van der Waals surface area contributed by atoms with Gasteiger partial charge in [-0.15, -0.1) is 11.3 Å². The molecule has 8 heteroatoms. The molecule has 6 nitrogen and oxygen atoms in total. The van der Waals surface area contributed by atoms with Gasteiger partial charge < -0.3 is 10.2 Å². The molecular weight excluding hydrogens is 348 g/mol. The number of pyridine rings is 1. The van der Waals surface area contributed by atoms with Crippen molar-refractivity contribution in [1.29, 1.82) is 0 Å². The molecule has 1 aliphatic heterocycles. The van der Waals surface area contributed by atoms with Crippen LogP contribution in [0.2, 0.25) is 5.02 Å². The summed E-state index contributed by atoms with van der Waals surface area (Å²) in [6.07, 6.45) is 1.49. The molecule has 2 aromatic heterocycles. The van der Waals surface area contributed by atoms with Crippen LogP contribution >= 0.6 is 22.9 Å². The normalized spacial score (nSPS) is 15.3. The van der Waals surface area contributed by atoms with E-state index in [9.17, 15) is 9.59 Å². The minimum atomic E-state index is -0.122. The molecule has 3 heterocycles. The van der Waals surface area contributed by atoms with Gasteiger partial charge in [0.2, 0.25) is 5.91 Å². The predicted octanol–water partition coefficient (Wildman–Crippen LogP) is 2.19. The summed E-state index contributed by atoms with van der Waals surface area (Å²) in [5.74, 6) is 0.429. The molecule has 1 fully saturated rings.